The molecule has 7 nitrogen and oxygen atoms in total. The fourth-order valence-electron chi connectivity index (χ4n) is 3.09. The average molecular weight is 449 g/mol. The van der Waals surface area contributed by atoms with Crippen molar-refractivity contribution in [3.05, 3.63) is 29.8 Å². The van der Waals surface area contributed by atoms with Gasteiger partial charge in [0.05, 0.1) is 17.4 Å². The third-order valence-electron chi connectivity index (χ3n) is 4.50. The number of carbonyl (C=O) groups excluding carboxylic acids is 2. The largest absolute Gasteiger partial charge is 0.393 e. The molecule has 0 bridgehead atoms. The first-order chi connectivity index (χ1) is 13.7. The Hall–Kier alpha value is -2.14. The lowest BCUT2D eigenvalue weighted by atomic mass is 9.97. The third-order valence-corrected chi connectivity index (χ3v) is 6.28. The van der Waals surface area contributed by atoms with Gasteiger partial charge in [-0.1, -0.05) is 0 Å². The average Bonchev–Trinajstić information content (AvgIpc) is 2.63. The molecule has 1 aromatic rings. The highest BCUT2D eigenvalue weighted by molar-refractivity contribution is 7.89. The van der Waals surface area contributed by atoms with E-state index < -0.39 is 52.6 Å². The molecule has 0 spiro atoms. The zero-order valence-corrected chi connectivity index (χ0v) is 17.9. The van der Waals surface area contributed by atoms with E-state index in [4.69, 9.17) is 0 Å². The van der Waals surface area contributed by atoms with E-state index in [9.17, 15) is 31.2 Å². The quantitative estimate of drug-likeness (QED) is 0.721. The van der Waals surface area contributed by atoms with Crippen molar-refractivity contribution in [2.24, 2.45) is 5.92 Å². The van der Waals surface area contributed by atoms with Crippen LogP contribution in [-0.4, -0.2) is 56.5 Å². The fourth-order valence-corrected chi connectivity index (χ4v) is 4.51. The summed E-state index contributed by atoms with van der Waals surface area (Å²) in [5.41, 5.74) is -0.543. The van der Waals surface area contributed by atoms with E-state index in [-0.39, 0.29) is 29.8 Å². The Morgan fingerprint density at radius 1 is 1.13 bits per heavy atom. The summed E-state index contributed by atoms with van der Waals surface area (Å²) in [4.78, 5) is 25.5. The van der Waals surface area contributed by atoms with Gasteiger partial charge in [0.25, 0.3) is 5.91 Å². The lowest BCUT2D eigenvalue weighted by Crippen LogP contribution is -2.48. The van der Waals surface area contributed by atoms with Crippen LogP contribution in [0.4, 0.5) is 13.2 Å². The molecule has 2 rings (SSSR count). The van der Waals surface area contributed by atoms with Crippen LogP contribution in [0, 0.1) is 5.92 Å². The van der Waals surface area contributed by atoms with E-state index >= 15 is 0 Å². The summed E-state index contributed by atoms with van der Waals surface area (Å²) in [5.74, 6) is -2.77. The van der Waals surface area contributed by atoms with E-state index in [0.29, 0.717) is 0 Å². The van der Waals surface area contributed by atoms with Gasteiger partial charge in [-0.25, -0.2) is 13.1 Å². The van der Waals surface area contributed by atoms with Crippen LogP contribution >= 0.6 is 0 Å². The van der Waals surface area contributed by atoms with Gasteiger partial charge in [0.1, 0.15) is 0 Å². The van der Waals surface area contributed by atoms with Crippen LogP contribution in [0.1, 0.15) is 44.0 Å². The molecule has 0 aromatic heterocycles. The summed E-state index contributed by atoms with van der Waals surface area (Å²) < 4.78 is 65.6. The highest BCUT2D eigenvalue weighted by atomic mass is 32.2. The SMILES string of the molecule is CC(C)(C)NS(=O)(=O)c1ccc(C(=O)NCC(=O)N2CCC[C@@H](C(F)(F)F)C2)cc1. The molecule has 2 amide bonds. The van der Waals surface area contributed by atoms with Crippen molar-refractivity contribution in [2.75, 3.05) is 19.6 Å². The lowest BCUT2D eigenvalue weighted by molar-refractivity contribution is -0.187. The topological polar surface area (TPSA) is 95.6 Å². The second-order valence-electron chi connectivity index (χ2n) is 8.28. The Labute approximate surface area is 174 Å². The molecule has 0 unspecified atom stereocenters. The van der Waals surface area contributed by atoms with Crippen molar-refractivity contribution in [3.63, 3.8) is 0 Å². The Morgan fingerprint density at radius 2 is 1.73 bits per heavy atom. The van der Waals surface area contributed by atoms with Crippen molar-refractivity contribution in [1.82, 2.24) is 14.9 Å². The minimum atomic E-state index is -4.36. The first kappa shape index (κ1) is 24.1. The zero-order chi connectivity index (χ0) is 22.7. The van der Waals surface area contributed by atoms with Crippen LogP contribution < -0.4 is 10.0 Å². The molecule has 0 radical (unpaired) electrons. The van der Waals surface area contributed by atoms with Gasteiger partial charge in [-0.15, -0.1) is 0 Å². The predicted molar refractivity (Wildman–Crippen MR) is 104 cm³/mol. The van der Waals surface area contributed by atoms with Gasteiger partial charge < -0.3 is 10.2 Å². The number of hydrogen-bond acceptors (Lipinski definition) is 4. The number of amides is 2. The Morgan fingerprint density at radius 3 is 2.27 bits per heavy atom. The molecule has 1 saturated heterocycles. The van der Waals surface area contributed by atoms with Crippen LogP contribution in [-0.2, 0) is 14.8 Å². The van der Waals surface area contributed by atoms with Crippen molar-refractivity contribution in [3.8, 4) is 0 Å². The van der Waals surface area contributed by atoms with E-state index in [0.717, 1.165) is 4.90 Å². The predicted octanol–water partition coefficient (Wildman–Crippen LogP) is 2.29. The zero-order valence-electron chi connectivity index (χ0n) is 17.0. The molecule has 168 valence electrons. The molecular weight excluding hydrogens is 423 g/mol. The Balaban J connectivity index is 1.94. The summed E-state index contributed by atoms with van der Waals surface area (Å²) in [6, 6.07) is 5.14. The number of halogens is 3. The molecule has 1 atom stereocenters. The summed E-state index contributed by atoms with van der Waals surface area (Å²) in [7, 11) is -3.75. The fraction of sp³-hybridized carbons (Fsp3) is 0.579. The van der Waals surface area contributed by atoms with Crippen molar-refractivity contribution < 1.29 is 31.2 Å². The molecule has 1 aromatic carbocycles. The number of alkyl halides is 3. The smallest absolute Gasteiger partial charge is 0.343 e. The van der Waals surface area contributed by atoms with Gasteiger partial charge in [0, 0.05) is 24.2 Å². The van der Waals surface area contributed by atoms with Crippen LogP contribution in [0.25, 0.3) is 0 Å². The van der Waals surface area contributed by atoms with Crippen LogP contribution in [0.5, 0.6) is 0 Å². The summed E-state index contributed by atoms with van der Waals surface area (Å²) in [5, 5.41) is 2.37. The number of carbonyl (C=O) groups is 2. The Kier molecular flexibility index (Phi) is 7.18. The van der Waals surface area contributed by atoms with Gasteiger partial charge >= 0.3 is 6.18 Å². The molecule has 2 N–H and O–H groups in total. The summed E-state index contributed by atoms with van der Waals surface area (Å²) in [6.45, 7) is 4.46. The number of sulfonamides is 1. The van der Waals surface area contributed by atoms with Gasteiger partial charge in [0.15, 0.2) is 0 Å². The van der Waals surface area contributed by atoms with E-state index in [1.165, 1.54) is 24.3 Å². The van der Waals surface area contributed by atoms with Gasteiger partial charge in [-0.05, 0) is 57.9 Å². The second-order valence-corrected chi connectivity index (χ2v) is 9.97. The molecular formula is C19H26F3N3O4S. The number of rotatable bonds is 5. The summed E-state index contributed by atoms with van der Waals surface area (Å²) >= 11 is 0. The summed E-state index contributed by atoms with van der Waals surface area (Å²) in [6.07, 6.45) is -4.12. The van der Waals surface area contributed by atoms with E-state index in [2.05, 4.69) is 10.0 Å². The van der Waals surface area contributed by atoms with E-state index in [1.807, 2.05) is 0 Å². The molecule has 0 aliphatic carbocycles. The highest BCUT2D eigenvalue weighted by Gasteiger charge is 2.42. The molecule has 1 aliphatic heterocycles. The number of nitrogens with one attached hydrogen (secondary N) is 2. The van der Waals surface area contributed by atoms with Crippen molar-refractivity contribution in [1.29, 1.82) is 0 Å². The number of nitrogens with zero attached hydrogens (tertiary/aromatic N) is 1. The second kappa shape index (κ2) is 8.93. The highest BCUT2D eigenvalue weighted by Crippen LogP contribution is 2.33. The first-order valence-corrected chi connectivity index (χ1v) is 10.9. The van der Waals surface area contributed by atoms with Crippen LogP contribution in [0.2, 0.25) is 0 Å². The molecule has 1 fully saturated rings. The molecule has 30 heavy (non-hydrogen) atoms. The maximum atomic E-state index is 12.9. The molecule has 11 heteroatoms. The normalized spacial score (nSPS) is 18.2. The van der Waals surface area contributed by atoms with Gasteiger partial charge in [-0.2, -0.15) is 13.2 Å². The Bertz CT molecular complexity index is 878. The molecule has 0 saturated carbocycles. The van der Waals surface area contributed by atoms with Crippen molar-refractivity contribution >= 4 is 21.8 Å². The number of piperidine rings is 1. The minimum absolute atomic E-state index is 0.0149. The molecule has 1 aliphatic rings. The van der Waals surface area contributed by atoms with Gasteiger partial charge in [0.2, 0.25) is 15.9 Å². The monoisotopic (exact) mass is 449 g/mol. The first-order valence-electron chi connectivity index (χ1n) is 9.46. The maximum absolute atomic E-state index is 12.9. The number of likely N-dealkylation sites (tertiary alicyclic amines) is 1. The number of benzene rings is 1. The molecule has 1 heterocycles. The van der Waals surface area contributed by atoms with Crippen molar-refractivity contribution in [2.45, 2.75) is 50.2 Å². The minimum Gasteiger partial charge on any atom is -0.343 e. The van der Waals surface area contributed by atoms with Crippen LogP contribution in [0.3, 0.4) is 0 Å². The third kappa shape index (κ3) is 6.69. The number of hydrogen-bond donors (Lipinski definition) is 2. The maximum Gasteiger partial charge on any atom is 0.393 e. The van der Waals surface area contributed by atoms with E-state index in [1.54, 1.807) is 20.8 Å². The van der Waals surface area contributed by atoms with Crippen LogP contribution in [0.15, 0.2) is 29.2 Å². The standard InChI is InChI=1S/C19H26F3N3O4S/c1-18(2,3)24-30(28,29)15-8-6-13(7-9-15)17(27)23-11-16(26)25-10-4-5-14(12-25)19(20,21)22/h6-9,14,24H,4-5,10-12H2,1-3H3,(H,23,27)/t14-/m1/s1. The lowest BCUT2D eigenvalue weighted by Gasteiger charge is -2.33. The van der Waals surface area contributed by atoms with Gasteiger partial charge in [-0.3, -0.25) is 9.59 Å².